The van der Waals surface area contributed by atoms with Crippen molar-refractivity contribution >= 4 is 12.1 Å². The number of tetrazole rings is 1. The van der Waals surface area contributed by atoms with Gasteiger partial charge in [-0.05, 0) is 52.4 Å². The number of phenols is 1. The molecule has 3 aromatic rings. The zero-order chi connectivity index (χ0) is 16.1. The van der Waals surface area contributed by atoms with Gasteiger partial charge in [-0.1, -0.05) is 12.1 Å². The highest BCUT2D eigenvalue weighted by molar-refractivity contribution is 5.95. The van der Waals surface area contributed by atoms with Crippen LogP contribution in [-0.4, -0.2) is 37.4 Å². The van der Waals surface area contributed by atoms with Gasteiger partial charge in [0.15, 0.2) is 0 Å². The van der Waals surface area contributed by atoms with Gasteiger partial charge in [0.1, 0.15) is 12.1 Å². The largest absolute Gasteiger partial charge is 0.508 e. The Bertz CT molecular complexity index is 827. The first-order valence-electron chi connectivity index (χ1n) is 6.68. The lowest BCUT2D eigenvalue weighted by Gasteiger charge is -2.02. The van der Waals surface area contributed by atoms with Crippen LogP contribution in [0.3, 0.4) is 0 Å². The van der Waals surface area contributed by atoms with Crippen molar-refractivity contribution in [3.8, 4) is 11.4 Å². The van der Waals surface area contributed by atoms with Crippen molar-refractivity contribution in [3.63, 3.8) is 0 Å². The molecular weight excluding hydrogens is 296 g/mol. The van der Waals surface area contributed by atoms with Crippen LogP contribution in [0.25, 0.3) is 5.69 Å². The minimum atomic E-state index is -0.343. The van der Waals surface area contributed by atoms with E-state index in [1.165, 1.54) is 23.3 Å². The van der Waals surface area contributed by atoms with Gasteiger partial charge in [-0.15, -0.1) is 5.10 Å². The van der Waals surface area contributed by atoms with Crippen LogP contribution in [0.5, 0.6) is 5.75 Å². The van der Waals surface area contributed by atoms with Crippen molar-refractivity contribution < 1.29 is 9.90 Å². The number of rotatable bonds is 4. The molecular formula is C15H12N6O2. The van der Waals surface area contributed by atoms with Gasteiger partial charge in [-0.2, -0.15) is 5.10 Å². The van der Waals surface area contributed by atoms with Crippen LogP contribution in [0.2, 0.25) is 0 Å². The Balaban J connectivity index is 1.64. The fourth-order valence-corrected chi connectivity index (χ4v) is 1.88. The molecule has 0 unspecified atom stereocenters. The molecule has 0 aliphatic heterocycles. The highest BCUT2D eigenvalue weighted by atomic mass is 16.3. The molecule has 3 rings (SSSR count). The van der Waals surface area contributed by atoms with Crippen LogP contribution in [0, 0.1) is 0 Å². The minimum absolute atomic E-state index is 0.137. The van der Waals surface area contributed by atoms with Gasteiger partial charge >= 0.3 is 0 Å². The van der Waals surface area contributed by atoms with Crippen LogP contribution in [0.15, 0.2) is 60.0 Å². The number of nitrogens with zero attached hydrogens (tertiary/aromatic N) is 5. The highest BCUT2D eigenvalue weighted by Crippen LogP contribution is 2.09. The summed E-state index contributed by atoms with van der Waals surface area (Å²) in [6, 6.07) is 13.3. The van der Waals surface area contributed by atoms with Gasteiger partial charge in [-0.3, -0.25) is 4.79 Å². The van der Waals surface area contributed by atoms with Crippen molar-refractivity contribution in [1.82, 2.24) is 25.6 Å². The Kier molecular flexibility index (Phi) is 4.05. The molecule has 0 aliphatic rings. The molecule has 1 aromatic heterocycles. The molecule has 0 saturated heterocycles. The number of aromatic nitrogens is 4. The lowest BCUT2D eigenvalue weighted by molar-refractivity contribution is 0.0955. The number of hydrogen-bond donors (Lipinski definition) is 2. The number of benzene rings is 2. The van der Waals surface area contributed by atoms with E-state index in [9.17, 15) is 9.90 Å². The molecule has 1 heterocycles. The zero-order valence-electron chi connectivity index (χ0n) is 11.9. The van der Waals surface area contributed by atoms with Crippen molar-refractivity contribution in [3.05, 3.63) is 66.0 Å². The maximum Gasteiger partial charge on any atom is 0.271 e. The molecule has 0 bridgehead atoms. The van der Waals surface area contributed by atoms with E-state index in [-0.39, 0.29) is 11.7 Å². The van der Waals surface area contributed by atoms with Crippen molar-refractivity contribution in [2.75, 3.05) is 0 Å². The Hall–Kier alpha value is -3.55. The van der Waals surface area contributed by atoms with E-state index in [1.807, 2.05) is 0 Å². The van der Waals surface area contributed by atoms with Gasteiger partial charge in [0.2, 0.25) is 0 Å². The van der Waals surface area contributed by atoms with Crippen LogP contribution < -0.4 is 5.43 Å². The molecule has 2 N–H and O–H groups in total. The second-order valence-electron chi connectivity index (χ2n) is 4.60. The molecule has 0 fully saturated rings. The summed E-state index contributed by atoms with van der Waals surface area (Å²) in [7, 11) is 0. The Labute approximate surface area is 131 Å². The predicted octanol–water partition coefficient (Wildman–Crippen LogP) is 1.13. The summed E-state index contributed by atoms with van der Waals surface area (Å²) in [6.45, 7) is 0. The number of carbonyl (C=O) groups excluding carboxylic acids is 1. The van der Waals surface area contributed by atoms with Gasteiger partial charge in [0, 0.05) is 5.56 Å². The summed E-state index contributed by atoms with van der Waals surface area (Å²) in [4.78, 5) is 12.0. The number of hydrogen-bond acceptors (Lipinski definition) is 6. The molecule has 1 amide bonds. The first kappa shape index (κ1) is 14.4. The highest BCUT2D eigenvalue weighted by Gasteiger charge is 2.05. The lowest BCUT2D eigenvalue weighted by Crippen LogP contribution is -2.17. The standard InChI is InChI=1S/C15H12N6O2/c22-14-3-1-2-11(8-14)9-16-18-15(23)12-4-6-13(7-5-12)21-10-17-19-20-21/h1-10,22H,(H,18,23)/b16-9+. The summed E-state index contributed by atoms with van der Waals surface area (Å²) < 4.78 is 1.49. The summed E-state index contributed by atoms with van der Waals surface area (Å²) in [5.74, 6) is -0.205. The summed E-state index contributed by atoms with van der Waals surface area (Å²) >= 11 is 0. The van der Waals surface area contributed by atoms with Gasteiger partial charge in [0.25, 0.3) is 5.91 Å². The first-order chi connectivity index (χ1) is 11.2. The van der Waals surface area contributed by atoms with Gasteiger partial charge < -0.3 is 5.11 Å². The van der Waals surface area contributed by atoms with Gasteiger partial charge in [-0.25, -0.2) is 10.1 Å². The average Bonchev–Trinajstić information content (AvgIpc) is 3.09. The van der Waals surface area contributed by atoms with Crippen LogP contribution in [-0.2, 0) is 0 Å². The molecule has 0 aliphatic carbocycles. The molecule has 8 nitrogen and oxygen atoms in total. The fraction of sp³-hybridized carbons (Fsp3) is 0. The molecule has 2 aromatic carbocycles. The third-order valence-corrected chi connectivity index (χ3v) is 2.99. The van der Waals surface area contributed by atoms with Crippen molar-refractivity contribution in [2.24, 2.45) is 5.10 Å². The van der Waals surface area contributed by atoms with Gasteiger partial charge in [0.05, 0.1) is 11.9 Å². The molecule has 0 atom stereocenters. The van der Waals surface area contributed by atoms with E-state index >= 15 is 0 Å². The van der Waals surface area contributed by atoms with E-state index in [0.29, 0.717) is 11.1 Å². The van der Waals surface area contributed by atoms with E-state index in [4.69, 9.17) is 0 Å². The molecule has 23 heavy (non-hydrogen) atoms. The topological polar surface area (TPSA) is 105 Å². The average molecular weight is 308 g/mol. The molecule has 8 heteroatoms. The van der Waals surface area contributed by atoms with E-state index < -0.39 is 0 Å². The van der Waals surface area contributed by atoms with Crippen LogP contribution in [0.1, 0.15) is 15.9 Å². The summed E-state index contributed by atoms with van der Waals surface area (Å²) in [6.07, 6.45) is 2.92. The SMILES string of the molecule is O=C(N/N=C/c1cccc(O)c1)c1ccc(-n2cnnn2)cc1. The smallest absolute Gasteiger partial charge is 0.271 e. The first-order valence-corrected chi connectivity index (χ1v) is 6.68. The van der Waals surface area contributed by atoms with E-state index in [2.05, 4.69) is 26.1 Å². The normalized spacial score (nSPS) is 10.8. The third kappa shape index (κ3) is 3.56. The maximum absolute atomic E-state index is 12.0. The second kappa shape index (κ2) is 6.48. The lowest BCUT2D eigenvalue weighted by atomic mass is 10.2. The molecule has 0 spiro atoms. The van der Waals surface area contributed by atoms with E-state index in [0.717, 1.165) is 5.69 Å². The maximum atomic E-state index is 12.0. The summed E-state index contributed by atoms with van der Waals surface area (Å²) in [5, 5.41) is 24.1. The number of phenolic OH excluding ortho intramolecular Hbond substituents is 1. The number of aromatic hydroxyl groups is 1. The van der Waals surface area contributed by atoms with Crippen LogP contribution >= 0.6 is 0 Å². The van der Waals surface area contributed by atoms with Crippen molar-refractivity contribution in [2.45, 2.75) is 0 Å². The number of hydrazone groups is 1. The quantitative estimate of drug-likeness (QED) is 0.555. The molecule has 0 radical (unpaired) electrons. The molecule has 0 saturated carbocycles. The monoisotopic (exact) mass is 308 g/mol. The Morgan fingerprint density at radius 2 is 2.04 bits per heavy atom. The minimum Gasteiger partial charge on any atom is -0.508 e. The Morgan fingerprint density at radius 1 is 1.22 bits per heavy atom. The fourth-order valence-electron chi connectivity index (χ4n) is 1.88. The molecule has 114 valence electrons. The number of carbonyl (C=O) groups is 1. The predicted molar refractivity (Wildman–Crippen MR) is 82.3 cm³/mol. The number of nitrogens with one attached hydrogen (secondary N) is 1. The third-order valence-electron chi connectivity index (χ3n) is 2.99. The zero-order valence-corrected chi connectivity index (χ0v) is 11.9. The number of amides is 1. The Morgan fingerprint density at radius 3 is 2.74 bits per heavy atom. The van der Waals surface area contributed by atoms with Crippen molar-refractivity contribution in [1.29, 1.82) is 0 Å². The van der Waals surface area contributed by atoms with Crippen LogP contribution in [0.4, 0.5) is 0 Å². The van der Waals surface area contributed by atoms with E-state index in [1.54, 1.807) is 42.5 Å². The second-order valence-corrected chi connectivity index (χ2v) is 4.60. The summed E-state index contributed by atoms with van der Waals surface area (Å²) in [5.41, 5.74) is 4.30.